The van der Waals surface area contributed by atoms with Crippen LogP contribution in [-0.2, 0) is 4.79 Å². The van der Waals surface area contributed by atoms with Crippen LogP contribution in [-0.4, -0.2) is 5.78 Å². The summed E-state index contributed by atoms with van der Waals surface area (Å²) < 4.78 is 0. The van der Waals surface area contributed by atoms with Gasteiger partial charge in [-0.05, 0) is 24.7 Å². The van der Waals surface area contributed by atoms with Crippen molar-refractivity contribution in [3.63, 3.8) is 0 Å². The highest BCUT2D eigenvalue weighted by Crippen LogP contribution is 2.24. The third-order valence-corrected chi connectivity index (χ3v) is 2.53. The Morgan fingerprint density at radius 1 is 1.27 bits per heavy atom. The molecule has 0 N–H and O–H groups in total. The Labute approximate surface area is 69.2 Å². The van der Waals surface area contributed by atoms with Gasteiger partial charge in [-0.25, -0.2) is 0 Å². The predicted octanol–water partition coefficient (Wildman–Crippen LogP) is 2.79. The lowest BCUT2D eigenvalue weighted by molar-refractivity contribution is -0.120. The van der Waals surface area contributed by atoms with Gasteiger partial charge in [0.2, 0.25) is 0 Å². The Morgan fingerprint density at radius 2 is 2.00 bits per heavy atom. The molecule has 11 heavy (non-hydrogen) atoms. The van der Waals surface area contributed by atoms with Gasteiger partial charge in [0.1, 0.15) is 5.78 Å². The Morgan fingerprint density at radius 3 is 2.73 bits per heavy atom. The summed E-state index contributed by atoms with van der Waals surface area (Å²) in [4.78, 5) is 11.2. The molecular formula is C10H18O. The van der Waals surface area contributed by atoms with E-state index < -0.39 is 0 Å². The highest BCUT2D eigenvalue weighted by molar-refractivity contribution is 5.78. The second kappa shape index (κ2) is 3.89. The normalized spacial score (nSPS) is 34.5. The van der Waals surface area contributed by atoms with Gasteiger partial charge >= 0.3 is 0 Å². The monoisotopic (exact) mass is 154 g/mol. The molecule has 1 aliphatic rings. The number of carbonyl (C=O) groups is 1. The molecule has 1 aliphatic carbocycles. The zero-order valence-electron chi connectivity index (χ0n) is 7.60. The third-order valence-electron chi connectivity index (χ3n) is 2.53. The van der Waals surface area contributed by atoms with Crippen LogP contribution >= 0.6 is 0 Å². The quantitative estimate of drug-likeness (QED) is 0.524. The topological polar surface area (TPSA) is 17.1 Å². The lowest BCUT2D eigenvalue weighted by Gasteiger charge is -2.19. The Balaban J connectivity index is 2.40. The summed E-state index contributed by atoms with van der Waals surface area (Å²) in [6.07, 6.45) is 5.26. The van der Waals surface area contributed by atoms with Gasteiger partial charge in [-0.2, -0.15) is 0 Å². The molecule has 0 aromatic heterocycles. The van der Waals surface area contributed by atoms with Crippen LogP contribution in [0, 0.1) is 11.8 Å². The highest BCUT2D eigenvalue weighted by atomic mass is 16.1. The largest absolute Gasteiger partial charge is 0.300 e. The Bertz CT molecular complexity index is 140. The summed E-state index contributed by atoms with van der Waals surface area (Å²) in [6, 6.07) is 0. The van der Waals surface area contributed by atoms with Crippen molar-refractivity contribution in [2.24, 2.45) is 11.8 Å². The van der Waals surface area contributed by atoms with Gasteiger partial charge in [0.05, 0.1) is 0 Å². The van der Waals surface area contributed by atoms with Gasteiger partial charge in [0.15, 0.2) is 0 Å². The van der Waals surface area contributed by atoms with Gasteiger partial charge in [0, 0.05) is 12.8 Å². The number of carbonyl (C=O) groups excluding carboxylic acids is 1. The molecular weight excluding hydrogens is 136 g/mol. The van der Waals surface area contributed by atoms with Crippen molar-refractivity contribution in [1.29, 1.82) is 0 Å². The average Bonchev–Trinajstić information content (AvgIpc) is 1.83. The van der Waals surface area contributed by atoms with Crippen molar-refractivity contribution in [1.82, 2.24) is 0 Å². The maximum atomic E-state index is 11.2. The number of rotatable bonds is 0. The predicted molar refractivity (Wildman–Crippen MR) is 46.4 cm³/mol. The van der Waals surface area contributed by atoms with Crippen LogP contribution < -0.4 is 0 Å². The van der Waals surface area contributed by atoms with Crippen LogP contribution in [0.15, 0.2) is 0 Å². The molecule has 64 valence electrons. The summed E-state index contributed by atoms with van der Waals surface area (Å²) in [5.41, 5.74) is 0. The summed E-state index contributed by atoms with van der Waals surface area (Å²) in [5, 5.41) is 0. The van der Waals surface area contributed by atoms with E-state index in [1.807, 2.05) is 0 Å². The number of ketones is 1. The van der Waals surface area contributed by atoms with E-state index in [1.165, 1.54) is 12.8 Å². The molecule has 1 fully saturated rings. The van der Waals surface area contributed by atoms with E-state index in [-0.39, 0.29) is 0 Å². The van der Waals surface area contributed by atoms with E-state index in [9.17, 15) is 4.79 Å². The molecule has 2 atom stereocenters. The van der Waals surface area contributed by atoms with Crippen molar-refractivity contribution >= 4 is 5.78 Å². The fraction of sp³-hybridized carbons (Fsp3) is 0.900. The number of hydrogen-bond donors (Lipinski definition) is 0. The number of hydrogen-bond acceptors (Lipinski definition) is 1. The van der Waals surface area contributed by atoms with E-state index in [1.54, 1.807) is 0 Å². The van der Waals surface area contributed by atoms with Gasteiger partial charge < -0.3 is 0 Å². The van der Waals surface area contributed by atoms with Crippen LogP contribution in [0.4, 0.5) is 0 Å². The zero-order chi connectivity index (χ0) is 8.27. The van der Waals surface area contributed by atoms with E-state index in [0.29, 0.717) is 11.7 Å². The summed E-state index contributed by atoms with van der Waals surface area (Å²) in [5.74, 6) is 1.93. The first kappa shape index (κ1) is 8.76. The molecule has 0 spiro atoms. The zero-order valence-corrected chi connectivity index (χ0v) is 7.60. The first-order chi connectivity index (χ1) is 5.18. The maximum absolute atomic E-state index is 11.2. The molecule has 0 bridgehead atoms. The minimum Gasteiger partial charge on any atom is -0.300 e. The van der Waals surface area contributed by atoms with Crippen molar-refractivity contribution in [3.05, 3.63) is 0 Å². The molecule has 0 aromatic rings. The fourth-order valence-electron chi connectivity index (χ4n) is 2.03. The molecule has 0 saturated heterocycles. The van der Waals surface area contributed by atoms with E-state index in [0.717, 1.165) is 25.2 Å². The van der Waals surface area contributed by atoms with Crippen LogP contribution in [0.2, 0.25) is 0 Å². The molecule has 0 aromatic carbocycles. The van der Waals surface area contributed by atoms with Crippen LogP contribution in [0.5, 0.6) is 0 Å². The second-order valence-corrected chi connectivity index (χ2v) is 4.08. The van der Waals surface area contributed by atoms with Gasteiger partial charge in [-0.3, -0.25) is 4.79 Å². The molecule has 1 nitrogen and oxygen atoms in total. The van der Waals surface area contributed by atoms with Gasteiger partial charge in [0.25, 0.3) is 0 Å². The van der Waals surface area contributed by atoms with E-state index >= 15 is 0 Å². The minimum absolute atomic E-state index is 0.476. The summed E-state index contributed by atoms with van der Waals surface area (Å²) in [6.45, 7) is 4.49. The van der Waals surface area contributed by atoms with E-state index in [4.69, 9.17) is 0 Å². The summed E-state index contributed by atoms with van der Waals surface area (Å²) in [7, 11) is 0. The lowest BCUT2D eigenvalue weighted by atomic mass is 9.86. The standard InChI is InChI=1S/C10H18O/c1-8-4-3-5-10(11)7-9(2)6-8/h8-9H,3-7H2,1-2H3. The molecule has 1 rings (SSSR count). The molecule has 2 unspecified atom stereocenters. The molecule has 0 heterocycles. The molecule has 1 saturated carbocycles. The fourth-order valence-corrected chi connectivity index (χ4v) is 2.03. The Hall–Kier alpha value is -0.330. The first-order valence-electron chi connectivity index (χ1n) is 4.70. The molecule has 0 amide bonds. The highest BCUT2D eigenvalue weighted by Gasteiger charge is 2.16. The van der Waals surface area contributed by atoms with Crippen molar-refractivity contribution in [3.8, 4) is 0 Å². The van der Waals surface area contributed by atoms with Crippen molar-refractivity contribution in [2.45, 2.75) is 46.0 Å². The molecule has 0 radical (unpaired) electrons. The summed E-state index contributed by atoms with van der Waals surface area (Å²) >= 11 is 0. The Kier molecular flexibility index (Phi) is 3.10. The SMILES string of the molecule is CC1CCCC(=O)CC(C)C1. The molecule has 0 aliphatic heterocycles. The van der Waals surface area contributed by atoms with Gasteiger partial charge in [-0.15, -0.1) is 0 Å². The third kappa shape index (κ3) is 3.04. The molecule has 1 heteroatoms. The van der Waals surface area contributed by atoms with Crippen LogP contribution in [0.25, 0.3) is 0 Å². The second-order valence-electron chi connectivity index (χ2n) is 4.08. The lowest BCUT2D eigenvalue weighted by Crippen LogP contribution is -2.13. The maximum Gasteiger partial charge on any atom is 0.133 e. The number of Topliss-reactive ketones (excluding diaryl/α,β-unsaturated/α-hetero) is 1. The minimum atomic E-state index is 0.476. The van der Waals surface area contributed by atoms with Gasteiger partial charge in [-0.1, -0.05) is 20.3 Å². The first-order valence-corrected chi connectivity index (χ1v) is 4.70. The average molecular weight is 154 g/mol. The van der Waals surface area contributed by atoms with Crippen molar-refractivity contribution in [2.75, 3.05) is 0 Å². The van der Waals surface area contributed by atoms with Crippen molar-refractivity contribution < 1.29 is 4.79 Å². The van der Waals surface area contributed by atoms with Crippen LogP contribution in [0.1, 0.15) is 46.0 Å². The van der Waals surface area contributed by atoms with E-state index in [2.05, 4.69) is 13.8 Å². The van der Waals surface area contributed by atoms with Crippen LogP contribution in [0.3, 0.4) is 0 Å². The smallest absolute Gasteiger partial charge is 0.133 e.